The molecule has 10 nitrogen and oxygen atoms in total. The molecule has 0 fully saturated rings. The van der Waals surface area contributed by atoms with E-state index in [1.807, 2.05) is 13.8 Å². The Morgan fingerprint density at radius 1 is 1.00 bits per heavy atom. The summed E-state index contributed by atoms with van der Waals surface area (Å²) >= 11 is 6.40. The Hall–Kier alpha value is -2.99. The predicted molar refractivity (Wildman–Crippen MR) is 129 cm³/mol. The predicted octanol–water partition coefficient (Wildman–Crippen LogP) is 4.57. The second-order valence-corrected chi connectivity index (χ2v) is 8.22. The Morgan fingerprint density at radius 2 is 1.48 bits per heavy atom. The number of nitrogens with one attached hydrogen (secondary N) is 3. The normalized spacial score (nSPS) is 10.8. The van der Waals surface area contributed by atoms with E-state index < -0.39 is 5.97 Å². The number of methoxy groups -OCH3 is 1. The van der Waals surface area contributed by atoms with Crippen LogP contribution in [0, 0.1) is 13.8 Å². The molecule has 1 atom stereocenters. The molecule has 0 bridgehead atoms. The van der Waals surface area contributed by atoms with Crippen molar-refractivity contribution in [1.82, 2.24) is 25.7 Å². The zero-order valence-electron chi connectivity index (χ0n) is 17.6. The molecule has 1 aromatic carbocycles. The monoisotopic (exact) mass is 585 g/mol. The second-order valence-electron chi connectivity index (χ2n) is 6.64. The van der Waals surface area contributed by atoms with Crippen LogP contribution in [0.4, 0.5) is 0 Å². The summed E-state index contributed by atoms with van der Waals surface area (Å²) in [5.74, 6) is -1.70. The molecule has 3 aromatic rings. The largest absolute Gasteiger partial charge is 0.476 e. The van der Waals surface area contributed by atoms with Gasteiger partial charge in [-0.25, -0.2) is 9.59 Å². The zero-order chi connectivity index (χ0) is 24.0. The molecule has 12 heteroatoms. The highest BCUT2D eigenvalue weighted by Gasteiger charge is 2.18. The lowest BCUT2D eigenvalue weighted by Gasteiger charge is -2.14. The molecule has 0 saturated carbocycles. The van der Waals surface area contributed by atoms with Crippen LogP contribution in [-0.4, -0.2) is 50.5 Å². The Labute approximate surface area is 207 Å². The molecule has 0 radical (unpaired) electrons. The minimum atomic E-state index is -1.03. The number of halogens is 2. The number of hydrogen-bond acceptors (Lipinski definition) is 6. The number of carboxylic acid groups (broad SMARTS) is 1. The van der Waals surface area contributed by atoms with E-state index in [-0.39, 0.29) is 31.0 Å². The number of esters is 1. The molecule has 3 rings (SSSR count). The summed E-state index contributed by atoms with van der Waals surface area (Å²) in [6.07, 6.45) is 0. The molecule has 0 aliphatic rings. The van der Waals surface area contributed by atoms with Gasteiger partial charge in [-0.3, -0.25) is 15.0 Å². The quantitative estimate of drug-likeness (QED) is 0.320. The van der Waals surface area contributed by atoms with Gasteiger partial charge in [0.2, 0.25) is 0 Å². The van der Waals surface area contributed by atoms with Crippen LogP contribution in [0.25, 0.3) is 0 Å². The summed E-state index contributed by atoms with van der Waals surface area (Å²) in [5, 5.41) is 24.1. The third-order valence-corrected chi connectivity index (χ3v) is 6.28. The van der Waals surface area contributed by atoms with E-state index in [9.17, 15) is 14.4 Å². The van der Waals surface area contributed by atoms with Crippen LogP contribution in [-0.2, 0) is 4.74 Å². The number of carboxylic acids is 1. The van der Waals surface area contributed by atoms with E-state index >= 15 is 0 Å². The Morgan fingerprint density at radius 3 is 1.85 bits per heavy atom. The fraction of sp³-hybridized carbons (Fsp3) is 0.286. The summed E-state index contributed by atoms with van der Waals surface area (Å²) in [6.45, 7) is 5.42. The highest BCUT2D eigenvalue weighted by atomic mass is 79.9. The van der Waals surface area contributed by atoms with Crippen molar-refractivity contribution in [2.75, 3.05) is 7.11 Å². The van der Waals surface area contributed by atoms with Crippen molar-refractivity contribution in [1.29, 1.82) is 0 Å². The lowest BCUT2D eigenvalue weighted by Crippen LogP contribution is -2.27. The molecule has 0 aliphatic carbocycles. The first kappa shape index (κ1) is 28.0. The van der Waals surface area contributed by atoms with E-state index in [0.717, 1.165) is 17.0 Å². The molecule has 0 unspecified atom stereocenters. The topological polar surface area (TPSA) is 150 Å². The van der Waals surface area contributed by atoms with Gasteiger partial charge in [0.1, 0.15) is 0 Å². The van der Waals surface area contributed by atoms with Gasteiger partial charge in [0.05, 0.1) is 27.7 Å². The van der Waals surface area contributed by atoms with Gasteiger partial charge in [0, 0.05) is 11.4 Å². The van der Waals surface area contributed by atoms with Crippen LogP contribution < -0.4 is 5.32 Å². The molecule has 2 heterocycles. The first-order valence-electron chi connectivity index (χ1n) is 9.20. The standard InChI is InChI=1S/C15H16BrN3O3.C5H5BrN2O2.CH4/c1-8(10-4-6-11(7-5-10)15(21)22-3)17-14(20)13-12(16)9(2)18-19-13;1-2-3(6)4(5(9)10)8-7-2;/h4-8H,1-3H3,(H,17,20)(H,18,19);1H3,(H,7,8)(H,9,10);1H4/t8-;;/m0../s1. The highest BCUT2D eigenvalue weighted by Crippen LogP contribution is 2.20. The number of carbonyl (C=O) groups excluding carboxylic acids is 2. The summed E-state index contributed by atoms with van der Waals surface area (Å²) in [7, 11) is 1.34. The zero-order valence-corrected chi connectivity index (χ0v) is 20.8. The van der Waals surface area contributed by atoms with E-state index in [0.29, 0.717) is 20.2 Å². The number of aromatic carboxylic acids is 1. The summed E-state index contributed by atoms with van der Waals surface area (Å²) in [6, 6.07) is 6.67. The van der Waals surface area contributed by atoms with Crippen LogP contribution in [0.2, 0.25) is 0 Å². The maximum atomic E-state index is 12.2. The average Bonchev–Trinajstić information content (AvgIpc) is 3.29. The number of carbonyl (C=O) groups is 3. The third kappa shape index (κ3) is 6.99. The maximum Gasteiger partial charge on any atom is 0.357 e. The lowest BCUT2D eigenvalue weighted by molar-refractivity contribution is 0.0599. The summed E-state index contributed by atoms with van der Waals surface area (Å²) < 4.78 is 5.81. The smallest absolute Gasteiger partial charge is 0.357 e. The SMILES string of the molecule is C.COC(=O)c1ccc([C@H](C)NC(=O)c2n[nH]c(C)c2Br)cc1.Cc1[nH]nc(C(=O)O)c1Br. The number of nitrogens with zero attached hydrogens (tertiary/aromatic N) is 2. The molecule has 0 saturated heterocycles. The number of amides is 1. The molecular formula is C21H25Br2N5O5. The van der Waals surface area contributed by atoms with Crippen molar-refractivity contribution in [2.24, 2.45) is 0 Å². The van der Waals surface area contributed by atoms with Crippen LogP contribution in [0.15, 0.2) is 33.2 Å². The first-order chi connectivity index (χ1) is 15.1. The Bertz CT molecular complexity index is 1120. The molecule has 33 heavy (non-hydrogen) atoms. The van der Waals surface area contributed by atoms with Crippen molar-refractivity contribution < 1.29 is 24.2 Å². The molecule has 4 N–H and O–H groups in total. The third-order valence-electron chi connectivity index (χ3n) is 4.34. The van der Waals surface area contributed by atoms with Crippen LogP contribution in [0.3, 0.4) is 0 Å². The van der Waals surface area contributed by atoms with Crippen LogP contribution in [0.1, 0.15) is 68.7 Å². The fourth-order valence-corrected chi connectivity index (χ4v) is 3.20. The number of ether oxygens (including phenoxy) is 1. The van der Waals surface area contributed by atoms with E-state index in [1.165, 1.54) is 7.11 Å². The Kier molecular flexibility index (Phi) is 10.5. The van der Waals surface area contributed by atoms with Gasteiger partial charge in [-0.1, -0.05) is 19.6 Å². The average molecular weight is 587 g/mol. The van der Waals surface area contributed by atoms with Crippen molar-refractivity contribution in [3.05, 3.63) is 67.1 Å². The molecule has 178 valence electrons. The number of H-pyrrole nitrogens is 2. The first-order valence-corrected chi connectivity index (χ1v) is 10.8. The van der Waals surface area contributed by atoms with Gasteiger partial charge in [-0.2, -0.15) is 10.2 Å². The van der Waals surface area contributed by atoms with Gasteiger partial charge < -0.3 is 15.2 Å². The van der Waals surface area contributed by atoms with Crippen LogP contribution >= 0.6 is 31.9 Å². The summed E-state index contributed by atoms with van der Waals surface area (Å²) in [4.78, 5) is 33.9. The van der Waals surface area contributed by atoms with Crippen molar-refractivity contribution in [3.63, 3.8) is 0 Å². The highest BCUT2D eigenvalue weighted by molar-refractivity contribution is 9.11. The minimum absolute atomic E-state index is 0. The van der Waals surface area contributed by atoms with E-state index in [4.69, 9.17) is 5.11 Å². The van der Waals surface area contributed by atoms with E-state index in [2.05, 4.69) is 62.3 Å². The van der Waals surface area contributed by atoms with Crippen molar-refractivity contribution in [3.8, 4) is 0 Å². The minimum Gasteiger partial charge on any atom is -0.476 e. The van der Waals surface area contributed by atoms with Gasteiger partial charge in [0.15, 0.2) is 11.4 Å². The van der Waals surface area contributed by atoms with Crippen molar-refractivity contribution in [2.45, 2.75) is 34.2 Å². The number of aromatic nitrogens is 4. The second kappa shape index (κ2) is 12.3. The number of aryl methyl sites for hydroxylation is 2. The molecule has 0 spiro atoms. The van der Waals surface area contributed by atoms with Gasteiger partial charge >= 0.3 is 11.9 Å². The molecule has 2 aromatic heterocycles. The number of rotatable bonds is 5. The number of hydrogen-bond donors (Lipinski definition) is 4. The van der Waals surface area contributed by atoms with E-state index in [1.54, 1.807) is 31.2 Å². The molecular weight excluding hydrogens is 562 g/mol. The summed E-state index contributed by atoms with van der Waals surface area (Å²) in [5.41, 5.74) is 3.20. The lowest BCUT2D eigenvalue weighted by atomic mass is 10.1. The molecule has 1 amide bonds. The van der Waals surface area contributed by atoms with Crippen LogP contribution in [0.5, 0.6) is 0 Å². The fourth-order valence-electron chi connectivity index (χ4n) is 2.50. The number of benzene rings is 1. The Balaban J connectivity index is 0.000000417. The molecule has 0 aliphatic heterocycles. The van der Waals surface area contributed by atoms with Gasteiger partial charge in [-0.05, 0) is 70.3 Å². The number of aromatic amines is 2. The van der Waals surface area contributed by atoms with Gasteiger partial charge in [0.25, 0.3) is 5.91 Å². The maximum absolute atomic E-state index is 12.2. The van der Waals surface area contributed by atoms with Gasteiger partial charge in [-0.15, -0.1) is 0 Å². The van der Waals surface area contributed by atoms with Crippen molar-refractivity contribution >= 4 is 49.7 Å².